The van der Waals surface area contributed by atoms with E-state index in [2.05, 4.69) is 32.2 Å². The highest BCUT2D eigenvalue weighted by Gasteiger charge is 2.12. The molecule has 0 saturated heterocycles. The van der Waals surface area contributed by atoms with Crippen LogP contribution in [0.5, 0.6) is 0 Å². The van der Waals surface area contributed by atoms with Gasteiger partial charge in [0.2, 0.25) is 0 Å². The molecular formula is C14H21Cl2N. The van der Waals surface area contributed by atoms with Gasteiger partial charge in [-0.2, -0.15) is 0 Å². The van der Waals surface area contributed by atoms with E-state index in [0.29, 0.717) is 16.1 Å². The van der Waals surface area contributed by atoms with E-state index in [1.807, 2.05) is 12.1 Å². The largest absolute Gasteiger partial charge is 0.310 e. The summed E-state index contributed by atoms with van der Waals surface area (Å²) in [5.74, 6) is 0.721. The van der Waals surface area contributed by atoms with E-state index >= 15 is 0 Å². The van der Waals surface area contributed by atoms with Crippen molar-refractivity contribution in [2.75, 3.05) is 6.54 Å². The fraction of sp³-hybridized carbons (Fsp3) is 0.571. The number of rotatable bonds is 6. The smallest absolute Gasteiger partial charge is 0.0595 e. The van der Waals surface area contributed by atoms with Gasteiger partial charge in [-0.05, 0) is 43.0 Å². The fourth-order valence-electron chi connectivity index (χ4n) is 1.86. The number of benzene rings is 1. The Morgan fingerprint density at radius 1 is 1.12 bits per heavy atom. The predicted molar refractivity (Wildman–Crippen MR) is 77.0 cm³/mol. The average molecular weight is 274 g/mol. The molecule has 0 heterocycles. The lowest BCUT2D eigenvalue weighted by molar-refractivity contribution is 0.448. The summed E-state index contributed by atoms with van der Waals surface area (Å²) in [5, 5.41) is 4.75. The van der Waals surface area contributed by atoms with Gasteiger partial charge < -0.3 is 5.32 Å². The van der Waals surface area contributed by atoms with E-state index in [0.717, 1.165) is 18.9 Å². The van der Waals surface area contributed by atoms with Gasteiger partial charge in [0.25, 0.3) is 0 Å². The Balaban J connectivity index is 2.77. The monoisotopic (exact) mass is 273 g/mol. The molecule has 0 saturated carbocycles. The van der Waals surface area contributed by atoms with Gasteiger partial charge in [0.1, 0.15) is 0 Å². The van der Waals surface area contributed by atoms with Gasteiger partial charge in [0.15, 0.2) is 0 Å². The molecule has 3 heteroatoms. The maximum Gasteiger partial charge on any atom is 0.0595 e. The van der Waals surface area contributed by atoms with Gasteiger partial charge in [0.05, 0.1) is 10.0 Å². The topological polar surface area (TPSA) is 12.0 Å². The lowest BCUT2D eigenvalue weighted by Gasteiger charge is -2.20. The van der Waals surface area contributed by atoms with Crippen molar-refractivity contribution in [1.82, 2.24) is 5.32 Å². The van der Waals surface area contributed by atoms with E-state index in [1.165, 1.54) is 12.0 Å². The summed E-state index contributed by atoms with van der Waals surface area (Å²) in [6.07, 6.45) is 2.33. The molecule has 96 valence electrons. The van der Waals surface area contributed by atoms with Crippen LogP contribution in [-0.2, 0) is 0 Å². The summed E-state index contributed by atoms with van der Waals surface area (Å²) >= 11 is 12.0. The zero-order valence-electron chi connectivity index (χ0n) is 10.8. The highest BCUT2D eigenvalue weighted by atomic mass is 35.5. The molecule has 1 N–H and O–H groups in total. The van der Waals surface area contributed by atoms with Crippen molar-refractivity contribution >= 4 is 23.2 Å². The number of nitrogens with one attached hydrogen (secondary N) is 1. The molecule has 1 aromatic carbocycles. The Kier molecular flexibility index (Phi) is 6.32. The van der Waals surface area contributed by atoms with Gasteiger partial charge in [-0.1, -0.05) is 50.0 Å². The average Bonchev–Trinajstić information content (AvgIpc) is 2.28. The van der Waals surface area contributed by atoms with E-state index in [9.17, 15) is 0 Å². The number of hydrogen-bond donors (Lipinski definition) is 1. The van der Waals surface area contributed by atoms with Crippen LogP contribution < -0.4 is 5.32 Å². The molecule has 1 unspecified atom stereocenters. The van der Waals surface area contributed by atoms with E-state index in [-0.39, 0.29) is 0 Å². The van der Waals surface area contributed by atoms with Crippen LogP contribution >= 0.6 is 23.2 Å². The molecule has 0 radical (unpaired) electrons. The summed E-state index contributed by atoms with van der Waals surface area (Å²) in [5.41, 5.74) is 1.22. The maximum absolute atomic E-state index is 6.06. The van der Waals surface area contributed by atoms with Crippen LogP contribution in [0.4, 0.5) is 0 Å². The van der Waals surface area contributed by atoms with Crippen LogP contribution in [0.1, 0.15) is 45.2 Å². The van der Waals surface area contributed by atoms with Crippen molar-refractivity contribution in [1.29, 1.82) is 0 Å². The molecule has 0 bridgehead atoms. The summed E-state index contributed by atoms with van der Waals surface area (Å²) in [6.45, 7) is 7.58. The first kappa shape index (κ1) is 14.8. The summed E-state index contributed by atoms with van der Waals surface area (Å²) in [4.78, 5) is 0. The van der Waals surface area contributed by atoms with Gasteiger partial charge in [0, 0.05) is 6.04 Å². The first-order chi connectivity index (χ1) is 8.04. The van der Waals surface area contributed by atoms with Gasteiger partial charge in [-0.15, -0.1) is 0 Å². The molecule has 0 aliphatic carbocycles. The van der Waals surface area contributed by atoms with Gasteiger partial charge >= 0.3 is 0 Å². The third kappa shape index (κ3) is 4.87. The first-order valence-corrected chi connectivity index (χ1v) is 6.98. The highest BCUT2D eigenvalue weighted by molar-refractivity contribution is 6.42. The van der Waals surface area contributed by atoms with Crippen molar-refractivity contribution < 1.29 is 0 Å². The van der Waals surface area contributed by atoms with Crippen LogP contribution in [0.2, 0.25) is 10.0 Å². The fourth-order valence-corrected chi connectivity index (χ4v) is 2.17. The van der Waals surface area contributed by atoms with Crippen LogP contribution in [0.3, 0.4) is 0 Å². The Morgan fingerprint density at radius 2 is 1.82 bits per heavy atom. The van der Waals surface area contributed by atoms with E-state index in [4.69, 9.17) is 23.2 Å². The molecule has 17 heavy (non-hydrogen) atoms. The Morgan fingerprint density at radius 3 is 2.35 bits per heavy atom. The molecule has 0 fully saturated rings. The minimum absolute atomic E-state index is 0.372. The lowest BCUT2D eigenvalue weighted by Crippen LogP contribution is -2.21. The van der Waals surface area contributed by atoms with E-state index < -0.39 is 0 Å². The molecule has 0 amide bonds. The first-order valence-electron chi connectivity index (χ1n) is 6.23. The summed E-state index contributed by atoms with van der Waals surface area (Å²) in [7, 11) is 0. The van der Waals surface area contributed by atoms with Crippen LogP contribution in [0.25, 0.3) is 0 Å². The summed E-state index contributed by atoms with van der Waals surface area (Å²) in [6, 6.07) is 6.27. The highest BCUT2D eigenvalue weighted by Crippen LogP contribution is 2.28. The molecular weight excluding hydrogens is 253 g/mol. The summed E-state index contributed by atoms with van der Waals surface area (Å²) < 4.78 is 0. The third-order valence-corrected chi connectivity index (χ3v) is 3.57. The molecule has 0 aromatic heterocycles. The Bertz CT molecular complexity index is 350. The SMILES string of the molecule is CCNC(CCC(C)C)c1ccc(Cl)c(Cl)c1. The second-order valence-corrected chi connectivity index (χ2v) is 5.57. The number of halogens is 2. The van der Waals surface area contributed by atoms with Crippen LogP contribution in [-0.4, -0.2) is 6.54 Å². The number of hydrogen-bond acceptors (Lipinski definition) is 1. The zero-order valence-corrected chi connectivity index (χ0v) is 12.3. The second-order valence-electron chi connectivity index (χ2n) is 4.76. The van der Waals surface area contributed by atoms with Crippen LogP contribution in [0.15, 0.2) is 18.2 Å². The van der Waals surface area contributed by atoms with Gasteiger partial charge in [-0.3, -0.25) is 0 Å². The van der Waals surface area contributed by atoms with Gasteiger partial charge in [-0.25, -0.2) is 0 Å². The molecule has 1 rings (SSSR count). The van der Waals surface area contributed by atoms with Crippen molar-refractivity contribution in [3.63, 3.8) is 0 Å². The van der Waals surface area contributed by atoms with E-state index in [1.54, 1.807) is 0 Å². The zero-order chi connectivity index (χ0) is 12.8. The standard InChI is InChI=1S/C14H21Cl2N/c1-4-17-14(8-5-10(2)3)11-6-7-12(15)13(16)9-11/h6-7,9-10,14,17H,4-5,8H2,1-3H3. The lowest BCUT2D eigenvalue weighted by atomic mass is 9.97. The maximum atomic E-state index is 6.06. The normalized spacial score (nSPS) is 13.1. The molecule has 0 aliphatic rings. The Hall–Kier alpha value is -0.240. The molecule has 1 nitrogen and oxygen atoms in total. The molecule has 0 aliphatic heterocycles. The van der Waals surface area contributed by atoms with Crippen molar-refractivity contribution in [3.05, 3.63) is 33.8 Å². The van der Waals surface area contributed by atoms with Crippen molar-refractivity contribution in [2.24, 2.45) is 5.92 Å². The quantitative estimate of drug-likeness (QED) is 0.762. The molecule has 1 atom stereocenters. The van der Waals surface area contributed by atoms with Crippen LogP contribution in [0, 0.1) is 5.92 Å². The molecule has 1 aromatic rings. The minimum atomic E-state index is 0.372. The minimum Gasteiger partial charge on any atom is -0.310 e. The predicted octanol–water partition coefficient (Wildman–Crippen LogP) is 5.08. The second kappa shape index (κ2) is 7.25. The van der Waals surface area contributed by atoms with Crippen molar-refractivity contribution in [2.45, 2.75) is 39.7 Å². The molecule has 0 spiro atoms. The van der Waals surface area contributed by atoms with Crippen molar-refractivity contribution in [3.8, 4) is 0 Å². The Labute approximate surface area is 115 Å². The third-order valence-electron chi connectivity index (χ3n) is 2.83.